The first-order chi connectivity index (χ1) is 5.99. The molecule has 0 N–H and O–H groups in total. The van der Waals surface area contributed by atoms with Gasteiger partial charge in [-0.05, 0) is 25.4 Å². The highest BCUT2D eigenvalue weighted by atomic mass is 32.3. The van der Waals surface area contributed by atoms with Crippen LogP contribution in [0.15, 0.2) is 0 Å². The van der Waals surface area contributed by atoms with Crippen molar-refractivity contribution in [3.63, 3.8) is 0 Å². The van der Waals surface area contributed by atoms with Crippen molar-refractivity contribution in [2.45, 2.75) is 19.3 Å². The highest BCUT2D eigenvalue weighted by Gasteiger charge is 2.11. The van der Waals surface area contributed by atoms with Gasteiger partial charge in [-0.25, -0.2) is 0 Å². The topological polar surface area (TPSA) is 47.6 Å². The Morgan fingerprint density at radius 2 is 2.00 bits per heavy atom. The molecule has 0 heterocycles. The predicted octanol–water partition coefficient (Wildman–Crippen LogP) is 2.77. The molecule has 0 spiro atoms. The maximum atomic E-state index is 13.1. The fraction of sp³-hybridized carbons (Fsp3) is 0.778. The summed E-state index contributed by atoms with van der Waals surface area (Å²) in [6, 6.07) is 4.01. The van der Waals surface area contributed by atoms with E-state index in [4.69, 9.17) is 10.5 Å². The van der Waals surface area contributed by atoms with Crippen LogP contribution >= 0.6 is 10.4 Å². The van der Waals surface area contributed by atoms with E-state index >= 15 is 0 Å². The van der Waals surface area contributed by atoms with Crippen molar-refractivity contribution in [2.75, 3.05) is 18.3 Å². The molecule has 2 nitrogen and oxygen atoms in total. The Hall–Kier alpha value is -0.740. The van der Waals surface area contributed by atoms with Crippen LogP contribution in [0.1, 0.15) is 19.3 Å². The number of nitriles is 2. The van der Waals surface area contributed by atoms with Crippen LogP contribution in [-0.4, -0.2) is 18.3 Å². The van der Waals surface area contributed by atoms with Gasteiger partial charge in [-0.3, -0.25) is 0 Å². The summed E-state index contributed by atoms with van der Waals surface area (Å²) in [5.41, 5.74) is 0. The summed E-state index contributed by atoms with van der Waals surface area (Å²) in [5.74, 6) is 0.322. The Bertz CT molecular complexity index is 221. The fourth-order valence-electron chi connectivity index (χ4n) is 0.995. The highest BCUT2D eigenvalue weighted by molar-refractivity contribution is 8.28. The first-order valence-electron chi connectivity index (χ1n) is 4.17. The Balaban J connectivity index is 3.64. The average Bonchev–Trinajstić information content (AvgIpc) is 2.01. The Labute approximate surface area is 81.0 Å². The minimum atomic E-state index is -1.94. The van der Waals surface area contributed by atoms with Crippen molar-refractivity contribution in [3.8, 4) is 12.1 Å². The second-order valence-corrected chi connectivity index (χ2v) is 6.65. The van der Waals surface area contributed by atoms with Gasteiger partial charge in [0.2, 0.25) is 0 Å². The van der Waals surface area contributed by atoms with Crippen LogP contribution in [0.5, 0.6) is 0 Å². The highest BCUT2D eigenvalue weighted by Crippen LogP contribution is 2.42. The van der Waals surface area contributed by atoms with Gasteiger partial charge >= 0.3 is 0 Å². The molecule has 0 aliphatic heterocycles. The zero-order valence-electron chi connectivity index (χ0n) is 8.09. The molecule has 0 saturated heterocycles. The lowest BCUT2D eigenvalue weighted by molar-refractivity contribution is 0.605. The van der Waals surface area contributed by atoms with E-state index in [9.17, 15) is 3.89 Å². The molecular weight excluding hydrogens is 187 g/mol. The molecule has 0 radical (unpaired) electrons. The summed E-state index contributed by atoms with van der Waals surface area (Å²) in [6.07, 6.45) is 4.83. The summed E-state index contributed by atoms with van der Waals surface area (Å²) in [4.78, 5) is 0. The lowest BCUT2D eigenvalue weighted by Crippen LogP contribution is -2.00. The first-order valence-corrected chi connectivity index (χ1v) is 6.68. The van der Waals surface area contributed by atoms with E-state index in [0.29, 0.717) is 18.6 Å². The van der Waals surface area contributed by atoms with Crippen LogP contribution in [0.4, 0.5) is 3.89 Å². The monoisotopic (exact) mass is 202 g/mol. The molecule has 1 atom stereocenters. The SMILES string of the molecule is CS(C)(F)CCCC(C#N)CC#N. The molecule has 74 valence electrons. The van der Waals surface area contributed by atoms with Gasteiger partial charge in [-0.1, -0.05) is 10.4 Å². The molecule has 0 aliphatic carbocycles. The van der Waals surface area contributed by atoms with E-state index in [0.717, 1.165) is 0 Å². The van der Waals surface area contributed by atoms with Gasteiger partial charge in [0, 0.05) is 5.75 Å². The van der Waals surface area contributed by atoms with E-state index < -0.39 is 10.4 Å². The van der Waals surface area contributed by atoms with Gasteiger partial charge in [0.25, 0.3) is 0 Å². The van der Waals surface area contributed by atoms with Crippen molar-refractivity contribution in [1.82, 2.24) is 0 Å². The third kappa shape index (κ3) is 7.62. The zero-order chi connectivity index (χ0) is 10.3. The molecule has 0 aliphatic rings. The minimum absolute atomic E-state index is 0.216. The van der Waals surface area contributed by atoms with Crippen LogP contribution in [0, 0.1) is 28.6 Å². The second kappa shape index (κ2) is 5.83. The van der Waals surface area contributed by atoms with E-state index in [1.807, 2.05) is 6.07 Å². The van der Waals surface area contributed by atoms with Crippen molar-refractivity contribution >= 4 is 10.4 Å². The summed E-state index contributed by atoms with van der Waals surface area (Å²) in [6.45, 7) is 0. The Morgan fingerprint density at radius 1 is 1.38 bits per heavy atom. The average molecular weight is 202 g/mol. The maximum absolute atomic E-state index is 13.1. The molecular formula is C9H15FN2S. The Kier molecular flexibility index (Phi) is 5.50. The zero-order valence-corrected chi connectivity index (χ0v) is 8.90. The van der Waals surface area contributed by atoms with E-state index in [-0.39, 0.29) is 12.3 Å². The summed E-state index contributed by atoms with van der Waals surface area (Å²) < 4.78 is 13.1. The normalized spacial score (nSPS) is 14.2. The predicted molar refractivity (Wildman–Crippen MR) is 54.0 cm³/mol. The maximum Gasteiger partial charge on any atom is 0.0666 e. The number of rotatable bonds is 5. The van der Waals surface area contributed by atoms with Gasteiger partial charge < -0.3 is 0 Å². The van der Waals surface area contributed by atoms with Crippen molar-refractivity contribution < 1.29 is 3.89 Å². The lowest BCUT2D eigenvalue weighted by Gasteiger charge is -2.19. The minimum Gasteiger partial charge on any atom is -0.198 e. The van der Waals surface area contributed by atoms with Crippen LogP contribution in [0.25, 0.3) is 0 Å². The summed E-state index contributed by atoms with van der Waals surface area (Å²) in [7, 11) is -1.94. The summed E-state index contributed by atoms with van der Waals surface area (Å²) in [5, 5.41) is 17.0. The van der Waals surface area contributed by atoms with E-state index in [1.165, 1.54) is 0 Å². The van der Waals surface area contributed by atoms with Crippen LogP contribution < -0.4 is 0 Å². The smallest absolute Gasteiger partial charge is 0.0666 e. The summed E-state index contributed by atoms with van der Waals surface area (Å²) >= 11 is 0. The standard InChI is InChI=1S/C9H15FN2S/c1-13(2,10)7-3-4-9(8-12)5-6-11/h9H,3-5,7H2,1-2H3. The molecule has 0 fully saturated rings. The fourth-order valence-corrected chi connectivity index (χ4v) is 1.85. The number of halogens is 1. The van der Waals surface area contributed by atoms with Crippen LogP contribution in [0.2, 0.25) is 0 Å². The van der Waals surface area contributed by atoms with E-state index in [2.05, 4.69) is 6.07 Å². The Morgan fingerprint density at radius 3 is 2.38 bits per heavy atom. The van der Waals surface area contributed by atoms with E-state index in [1.54, 1.807) is 12.5 Å². The van der Waals surface area contributed by atoms with Crippen molar-refractivity contribution in [2.24, 2.45) is 5.92 Å². The molecule has 1 unspecified atom stereocenters. The second-order valence-electron chi connectivity index (χ2n) is 3.44. The largest absolute Gasteiger partial charge is 0.198 e. The number of hydrogen-bond donors (Lipinski definition) is 0. The first kappa shape index (κ1) is 12.3. The van der Waals surface area contributed by atoms with Crippen LogP contribution in [-0.2, 0) is 0 Å². The van der Waals surface area contributed by atoms with Crippen LogP contribution in [0.3, 0.4) is 0 Å². The number of nitrogens with zero attached hydrogens (tertiary/aromatic N) is 2. The number of hydrogen-bond acceptors (Lipinski definition) is 2. The van der Waals surface area contributed by atoms with Gasteiger partial charge in [-0.2, -0.15) is 14.4 Å². The molecule has 0 aromatic rings. The third-order valence-electron chi connectivity index (χ3n) is 1.70. The van der Waals surface area contributed by atoms with Gasteiger partial charge in [0.1, 0.15) is 0 Å². The quantitative estimate of drug-likeness (QED) is 0.688. The molecule has 0 bridgehead atoms. The molecule has 13 heavy (non-hydrogen) atoms. The molecule has 0 aromatic carbocycles. The molecule has 0 saturated carbocycles. The van der Waals surface area contributed by atoms with Gasteiger partial charge in [0.15, 0.2) is 0 Å². The van der Waals surface area contributed by atoms with Gasteiger partial charge in [0.05, 0.1) is 24.5 Å². The lowest BCUT2D eigenvalue weighted by atomic mass is 10.0. The molecule has 0 aromatic heterocycles. The molecule has 0 rings (SSSR count). The van der Waals surface area contributed by atoms with Crippen molar-refractivity contribution in [1.29, 1.82) is 10.5 Å². The molecule has 0 amide bonds. The molecule has 4 heteroatoms. The van der Waals surface area contributed by atoms with Gasteiger partial charge in [-0.15, -0.1) is 0 Å². The third-order valence-corrected chi connectivity index (χ3v) is 2.96. The van der Waals surface area contributed by atoms with Crippen molar-refractivity contribution in [3.05, 3.63) is 0 Å².